The van der Waals surface area contributed by atoms with Crippen molar-refractivity contribution in [2.75, 3.05) is 20.2 Å². The van der Waals surface area contributed by atoms with E-state index in [0.29, 0.717) is 19.6 Å². The normalized spacial score (nSPS) is 18.9. The van der Waals surface area contributed by atoms with Gasteiger partial charge < -0.3 is 35.6 Å². The molecule has 3 atom stereocenters. The van der Waals surface area contributed by atoms with Crippen LogP contribution in [0.2, 0.25) is 0 Å². The molecule has 0 aliphatic carbocycles. The number of rotatable bonds is 9. The van der Waals surface area contributed by atoms with Crippen molar-refractivity contribution in [2.24, 2.45) is 11.7 Å². The summed E-state index contributed by atoms with van der Waals surface area (Å²) in [5.41, 5.74) is 13.1. The minimum atomic E-state index is -0.646. The Balaban J connectivity index is 1.10. The van der Waals surface area contributed by atoms with E-state index >= 15 is 0 Å². The van der Waals surface area contributed by atoms with E-state index in [4.69, 9.17) is 10.5 Å². The Labute approximate surface area is 274 Å². The summed E-state index contributed by atoms with van der Waals surface area (Å²) in [7, 11) is 1.30. The number of nitrogens with one attached hydrogen (secondary N) is 3. The third-order valence-electron chi connectivity index (χ3n) is 9.26. The minimum Gasteiger partial charge on any atom is -0.453 e. The fourth-order valence-electron chi connectivity index (χ4n) is 6.59. The number of aromatic nitrogens is 3. The highest BCUT2D eigenvalue weighted by Crippen LogP contribution is 2.34. The number of ether oxygens (including phenoxy) is 1. The topological polar surface area (TPSA) is 149 Å². The second-order valence-electron chi connectivity index (χ2n) is 12.8. The Bertz CT molecular complexity index is 1710. The molecule has 4 heterocycles. The molecule has 0 unspecified atom stereocenters. The second-order valence-corrected chi connectivity index (χ2v) is 12.8. The molecule has 47 heavy (non-hydrogen) atoms. The summed E-state index contributed by atoms with van der Waals surface area (Å²) in [4.78, 5) is 52.8. The van der Waals surface area contributed by atoms with Gasteiger partial charge in [-0.3, -0.25) is 9.59 Å². The average Bonchev–Trinajstić information content (AvgIpc) is 3.87. The number of carbonyl (C=O) groups excluding carboxylic acids is 3. The number of H-pyrrole nitrogens is 2. The zero-order valence-corrected chi connectivity index (χ0v) is 27.2. The minimum absolute atomic E-state index is 0.0140. The van der Waals surface area contributed by atoms with Crippen LogP contribution in [0.15, 0.2) is 66.9 Å². The van der Waals surface area contributed by atoms with Crippen molar-refractivity contribution in [1.82, 2.24) is 30.1 Å². The van der Waals surface area contributed by atoms with E-state index < -0.39 is 18.2 Å². The molecule has 0 radical (unpaired) electrons. The number of alkyl carbamates (subject to hydrolysis) is 1. The van der Waals surface area contributed by atoms with Crippen LogP contribution in [0.3, 0.4) is 0 Å². The molecule has 3 amide bonds. The summed E-state index contributed by atoms with van der Waals surface area (Å²) >= 11 is 0. The fourth-order valence-corrected chi connectivity index (χ4v) is 6.59. The van der Waals surface area contributed by atoms with Gasteiger partial charge in [-0.05, 0) is 66.0 Å². The summed E-state index contributed by atoms with van der Waals surface area (Å²) in [5, 5.41) is 2.71. The van der Waals surface area contributed by atoms with E-state index in [0.717, 1.165) is 70.8 Å². The first-order chi connectivity index (χ1) is 22.7. The van der Waals surface area contributed by atoms with E-state index in [1.165, 1.54) is 7.11 Å². The number of aromatic amines is 2. The lowest BCUT2D eigenvalue weighted by atomic mass is 10.0. The molecule has 2 aliphatic heterocycles. The number of imidazole rings is 1. The number of methoxy groups -OCH3 is 1. The van der Waals surface area contributed by atoms with Gasteiger partial charge >= 0.3 is 6.09 Å². The first-order valence-corrected chi connectivity index (χ1v) is 16.3. The molecule has 2 fully saturated rings. The maximum atomic E-state index is 13.5. The number of piperidine rings is 1. The lowest BCUT2D eigenvalue weighted by Gasteiger charge is -2.30. The molecule has 2 saturated heterocycles. The fraction of sp³-hybridized carbons (Fsp3) is 0.389. The lowest BCUT2D eigenvalue weighted by Crippen LogP contribution is -2.51. The van der Waals surface area contributed by atoms with Gasteiger partial charge in [-0.25, -0.2) is 9.78 Å². The SMILES string of the molecule is COC(=O)N[C@H](C(=O)N1CCC[C@H]1c1ccc(-c2ccc(-c3ccc(-c4cnc(CN5CCC[C@H](N)C5=O)[nH]4)cc3)cc2)[nH]1)C(C)C. The van der Waals surface area contributed by atoms with Crippen LogP contribution in [0.4, 0.5) is 4.79 Å². The van der Waals surface area contributed by atoms with Crippen LogP contribution in [0.25, 0.3) is 33.6 Å². The Hall–Kier alpha value is -4.90. The molecule has 11 heteroatoms. The van der Waals surface area contributed by atoms with E-state index in [1.807, 2.05) is 18.7 Å². The van der Waals surface area contributed by atoms with Crippen molar-refractivity contribution < 1.29 is 19.1 Å². The van der Waals surface area contributed by atoms with Gasteiger partial charge in [0.2, 0.25) is 11.8 Å². The highest BCUT2D eigenvalue weighted by atomic mass is 16.5. The summed E-state index contributed by atoms with van der Waals surface area (Å²) in [6, 6.07) is 19.7. The van der Waals surface area contributed by atoms with Crippen molar-refractivity contribution in [3.8, 4) is 33.6 Å². The molecule has 0 bridgehead atoms. The molecule has 4 aromatic rings. The molecule has 0 spiro atoms. The molecule has 6 rings (SSSR count). The molecule has 2 aromatic heterocycles. The number of amides is 3. The quantitative estimate of drug-likeness (QED) is 0.197. The van der Waals surface area contributed by atoms with Crippen LogP contribution in [-0.4, -0.2) is 74.9 Å². The van der Waals surface area contributed by atoms with Crippen molar-refractivity contribution in [1.29, 1.82) is 0 Å². The third-order valence-corrected chi connectivity index (χ3v) is 9.26. The monoisotopic (exact) mass is 637 g/mol. The number of nitrogens with two attached hydrogens (primary N) is 1. The van der Waals surface area contributed by atoms with Crippen LogP contribution in [-0.2, 0) is 20.9 Å². The molecule has 2 aliphatic rings. The van der Waals surface area contributed by atoms with Crippen LogP contribution >= 0.6 is 0 Å². The summed E-state index contributed by atoms with van der Waals surface area (Å²) < 4.78 is 4.75. The van der Waals surface area contributed by atoms with Gasteiger partial charge in [0.1, 0.15) is 11.9 Å². The molecule has 0 saturated carbocycles. The summed E-state index contributed by atoms with van der Waals surface area (Å²) in [5.74, 6) is 0.571. The molecule has 2 aromatic carbocycles. The highest BCUT2D eigenvalue weighted by Gasteiger charge is 2.36. The largest absolute Gasteiger partial charge is 0.453 e. The van der Waals surface area contributed by atoms with E-state index in [2.05, 4.69) is 80.9 Å². The van der Waals surface area contributed by atoms with Crippen LogP contribution in [0.5, 0.6) is 0 Å². The number of hydrogen-bond acceptors (Lipinski definition) is 6. The number of likely N-dealkylation sites (tertiary alicyclic amines) is 2. The summed E-state index contributed by atoms with van der Waals surface area (Å²) in [6.07, 6.45) is 4.61. The lowest BCUT2D eigenvalue weighted by molar-refractivity contribution is -0.136. The number of nitrogens with zero attached hydrogens (tertiary/aromatic N) is 3. The predicted molar refractivity (Wildman–Crippen MR) is 180 cm³/mol. The third kappa shape index (κ3) is 6.95. The number of benzene rings is 2. The first-order valence-electron chi connectivity index (χ1n) is 16.3. The smallest absolute Gasteiger partial charge is 0.407 e. The summed E-state index contributed by atoms with van der Waals surface area (Å²) in [6.45, 7) is 5.62. The molecule has 246 valence electrons. The molecule has 11 nitrogen and oxygen atoms in total. The zero-order chi connectivity index (χ0) is 33.1. The van der Waals surface area contributed by atoms with E-state index in [-0.39, 0.29) is 23.8 Å². The van der Waals surface area contributed by atoms with Gasteiger partial charge in [0.05, 0.1) is 37.6 Å². The highest BCUT2D eigenvalue weighted by molar-refractivity contribution is 5.86. The van der Waals surface area contributed by atoms with Crippen molar-refractivity contribution in [3.63, 3.8) is 0 Å². The molecular weight excluding hydrogens is 594 g/mol. The number of carbonyl (C=O) groups is 3. The van der Waals surface area contributed by atoms with Crippen molar-refractivity contribution in [2.45, 2.75) is 64.2 Å². The van der Waals surface area contributed by atoms with Gasteiger partial charge in [-0.1, -0.05) is 62.4 Å². The van der Waals surface area contributed by atoms with E-state index in [1.54, 1.807) is 11.1 Å². The van der Waals surface area contributed by atoms with Gasteiger partial charge in [0.15, 0.2) is 0 Å². The van der Waals surface area contributed by atoms with Gasteiger partial charge in [0.25, 0.3) is 0 Å². The van der Waals surface area contributed by atoms with Crippen molar-refractivity contribution in [3.05, 3.63) is 78.4 Å². The van der Waals surface area contributed by atoms with E-state index in [9.17, 15) is 14.4 Å². The average molecular weight is 638 g/mol. The van der Waals surface area contributed by atoms with Crippen molar-refractivity contribution >= 4 is 17.9 Å². The Kier molecular flexibility index (Phi) is 9.44. The van der Waals surface area contributed by atoms with Gasteiger partial charge in [-0.15, -0.1) is 0 Å². The second kappa shape index (κ2) is 13.8. The van der Waals surface area contributed by atoms with Crippen LogP contribution < -0.4 is 11.1 Å². The zero-order valence-electron chi connectivity index (χ0n) is 27.2. The molecular formula is C36H43N7O4. The Morgan fingerprint density at radius 1 is 0.915 bits per heavy atom. The number of hydrogen-bond donors (Lipinski definition) is 4. The standard InChI is InChI=1S/C36H43N7O4/c1-22(2)33(41-36(46)47-3)35(45)43-19-5-7-31(43)29-17-16-28(39-29)25-12-8-23(9-13-25)24-10-14-26(15-11-24)30-20-38-32(40-30)21-42-18-4-6-27(37)34(42)44/h8-17,20,22,27,31,33,39H,4-7,18-19,21,37H2,1-3H3,(H,38,40)(H,41,46)/t27-,31-,33-/m0/s1. The van der Waals surface area contributed by atoms with Crippen LogP contribution in [0.1, 0.15) is 57.1 Å². The maximum absolute atomic E-state index is 13.5. The predicted octanol–water partition coefficient (Wildman–Crippen LogP) is 5.23. The maximum Gasteiger partial charge on any atom is 0.407 e. The van der Waals surface area contributed by atoms with Gasteiger partial charge in [-0.2, -0.15) is 0 Å². The Morgan fingerprint density at radius 2 is 1.55 bits per heavy atom. The first kappa shape index (κ1) is 32.1. The molecule has 5 N–H and O–H groups in total. The Morgan fingerprint density at radius 3 is 2.21 bits per heavy atom. The van der Waals surface area contributed by atoms with Gasteiger partial charge in [0, 0.05) is 24.5 Å². The van der Waals surface area contributed by atoms with Crippen LogP contribution in [0, 0.1) is 5.92 Å².